The van der Waals surface area contributed by atoms with Gasteiger partial charge in [0.1, 0.15) is 0 Å². The second-order valence-electron chi connectivity index (χ2n) is 4.83. The molecule has 1 aromatic rings. The first-order valence-electron chi connectivity index (χ1n) is 5.88. The predicted molar refractivity (Wildman–Crippen MR) is 67.8 cm³/mol. The maximum atomic E-state index is 10.5. The highest BCUT2D eigenvalue weighted by molar-refractivity contribution is 8.00. The maximum absolute atomic E-state index is 10.5. The zero-order valence-electron chi connectivity index (χ0n) is 10.2. The Labute approximate surface area is 101 Å². The summed E-state index contributed by atoms with van der Waals surface area (Å²) in [5.41, 5.74) is 1.73. The molecule has 2 atom stereocenters. The van der Waals surface area contributed by atoms with Gasteiger partial charge < -0.3 is 5.11 Å². The van der Waals surface area contributed by atoms with Crippen LogP contribution in [-0.4, -0.2) is 31.5 Å². The van der Waals surface area contributed by atoms with Gasteiger partial charge in [-0.1, -0.05) is 13.8 Å². The zero-order valence-corrected chi connectivity index (χ0v) is 11.0. The molecule has 0 radical (unpaired) electrons. The zero-order chi connectivity index (χ0) is 11.8. The Morgan fingerprint density at radius 2 is 2.44 bits per heavy atom. The molecule has 1 aliphatic heterocycles. The summed E-state index contributed by atoms with van der Waals surface area (Å²) in [5, 5.41) is 15.5. The molecule has 1 aromatic heterocycles. The first-order valence-corrected chi connectivity index (χ1v) is 6.93. The smallest absolute Gasteiger partial charge is 0.0803 e. The number of thioether (sulfide) groups is 1. The van der Waals surface area contributed by atoms with Gasteiger partial charge in [-0.15, -0.1) is 0 Å². The molecular weight excluding hydrogens is 220 g/mol. The molecule has 1 fully saturated rings. The molecule has 3 nitrogen and oxygen atoms in total. The molecular formula is C12H20N2OS. The van der Waals surface area contributed by atoms with Gasteiger partial charge >= 0.3 is 0 Å². The fraction of sp³-hybridized carbons (Fsp3) is 0.750. The van der Waals surface area contributed by atoms with E-state index >= 15 is 0 Å². The number of rotatable bonds is 3. The van der Waals surface area contributed by atoms with Gasteiger partial charge in [0.2, 0.25) is 0 Å². The molecule has 0 aliphatic carbocycles. The lowest BCUT2D eigenvalue weighted by molar-refractivity contribution is 0.0623. The van der Waals surface area contributed by atoms with Gasteiger partial charge in [-0.25, -0.2) is 0 Å². The van der Waals surface area contributed by atoms with Gasteiger partial charge in [-0.3, -0.25) is 4.68 Å². The molecule has 0 bridgehead atoms. The van der Waals surface area contributed by atoms with Crippen LogP contribution in [0, 0.1) is 0 Å². The first-order chi connectivity index (χ1) is 7.52. The van der Waals surface area contributed by atoms with Gasteiger partial charge in [0, 0.05) is 30.2 Å². The summed E-state index contributed by atoms with van der Waals surface area (Å²) in [4.78, 5) is 0. The third kappa shape index (κ3) is 2.43. The third-order valence-corrected chi connectivity index (χ3v) is 4.64. The largest absolute Gasteiger partial charge is 0.389 e. The quantitative estimate of drug-likeness (QED) is 0.875. The summed E-state index contributed by atoms with van der Waals surface area (Å²) in [6.45, 7) is 4.29. The Balaban J connectivity index is 2.11. The molecule has 90 valence electrons. The number of aliphatic hydroxyl groups is 1. The molecule has 4 heteroatoms. The molecule has 0 amide bonds. The van der Waals surface area contributed by atoms with E-state index in [2.05, 4.69) is 25.0 Å². The molecule has 1 N–H and O–H groups in total. The Hall–Kier alpha value is -0.480. The average Bonchev–Trinajstić information content (AvgIpc) is 2.72. The number of hydrogen-bond donors (Lipinski definition) is 1. The van der Waals surface area contributed by atoms with Gasteiger partial charge in [-0.05, 0) is 18.9 Å². The van der Waals surface area contributed by atoms with Crippen LogP contribution in [0.3, 0.4) is 0 Å². The van der Waals surface area contributed by atoms with Gasteiger partial charge in [0.25, 0.3) is 0 Å². The van der Waals surface area contributed by atoms with Crippen LogP contribution in [0.4, 0.5) is 0 Å². The predicted octanol–water partition coefficient (Wildman–Crippen LogP) is 1.78. The minimum absolute atomic E-state index is 0.525. The molecule has 1 saturated heterocycles. The van der Waals surface area contributed by atoms with Crippen molar-refractivity contribution in [2.75, 3.05) is 5.75 Å². The van der Waals surface area contributed by atoms with Crippen LogP contribution >= 0.6 is 11.8 Å². The molecule has 1 aliphatic rings. The highest BCUT2D eigenvalue weighted by Gasteiger charge is 2.36. The van der Waals surface area contributed by atoms with E-state index in [-0.39, 0.29) is 0 Å². The molecule has 2 rings (SSSR count). The first kappa shape index (κ1) is 12.0. The highest BCUT2D eigenvalue weighted by Crippen LogP contribution is 2.36. The second-order valence-corrected chi connectivity index (χ2v) is 6.26. The maximum Gasteiger partial charge on any atom is 0.0803 e. The van der Waals surface area contributed by atoms with Crippen LogP contribution in [0.1, 0.15) is 31.7 Å². The van der Waals surface area contributed by atoms with Gasteiger partial charge in [-0.2, -0.15) is 16.9 Å². The molecule has 0 spiro atoms. The van der Waals surface area contributed by atoms with E-state index in [1.165, 1.54) is 0 Å². The number of aryl methyl sites for hydroxylation is 2. The normalized spacial score (nSPS) is 29.9. The standard InChI is InChI=1S/C12H20N2OS/c1-4-10-5-11(14(3)13-10)7-12(15)6-9(2)16-8-12/h5,9,15H,4,6-8H2,1-3H3. The van der Waals surface area contributed by atoms with E-state index in [9.17, 15) is 5.11 Å². The van der Waals surface area contributed by atoms with Crippen molar-refractivity contribution >= 4 is 11.8 Å². The van der Waals surface area contributed by atoms with E-state index in [4.69, 9.17) is 0 Å². The highest BCUT2D eigenvalue weighted by atomic mass is 32.2. The molecule has 2 heterocycles. The third-order valence-electron chi connectivity index (χ3n) is 3.20. The fourth-order valence-electron chi connectivity index (χ4n) is 2.32. The van der Waals surface area contributed by atoms with E-state index in [1.807, 2.05) is 23.5 Å². The summed E-state index contributed by atoms with van der Waals surface area (Å²) < 4.78 is 1.91. The molecule has 0 aromatic carbocycles. The monoisotopic (exact) mass is 240 g/mol. The van der Waals surface area contributed by atoms with Gasteiger partial charge in [0.15, 0.2) is 0 Å². The molecule has 2 unspecified atom stereocenters. The van der Waals surface area contributed by atoms with Crippen LogP contribution in [0.2, 0.25) is 0 Å². The van der Waals surface area contributed by atoms with Crippen molar-refractivity contribution in [3.8, 4) is 0 Å². The van der Waals surface area contributed by atoms with Crippen molar-refractivity contribution in [2.24, 2.45) is 7.05 Å². The van der Waals surface area contributed by atoms with Crippen molar-refractivity contribution in [1.29, 1.82) is 0 Å². The lowest BCUT2D eigenvalue weighted by Gasteiger charge is -2.21. The second kappa shape index (κ2) is 4.41. The number of aromatic nitrogens is 2. The van der Waals surface area contributed by atoms with Crippen LogP contribution in [0.15, 0.2) is 6.07 Å². The summed E-state index contributed by atoms with van der Waals surface area (Å²) in [5.74, 6) is 0.848. The van der Waals surface area contributed by atoms with E-state index in [0.29, 0.717) is 5.25 Å². The van der Waals surface area contributed by atoms with Crippen LogP contribution in [0.25, 0.3) is 0 Å². The van der Waals surface area contributed by atoms with Gasteiger partial charge in [0.05, 0.1) is 11.3 Å². The SMILES string of the molecule is CCc1cc(CC2(O)CSC(C)C2)n(C)n1. The Morgan fingerprint density at radius 1 is 1.69 bits per heavy atom. The van der Waals surface area contributed by atoms with E-state index in [0.717, 1.165) is 36.4 Å². The summed E-state index contributed by atoms with van der Waals surface area (Å²) in [6, 6.07) is 2.12. The molecule has 0 saturated carbocycles. The van der Waals surface area contributed by atoms with Crippen LogP contribution in [0.5, 0.6) is 0 Å². The lowest BCUT2D eigenvalue weighted by Crippen LogP contribution is -2.32. The van der Waals surface area contributed by atoms with Crippen LogP contribution < -0.4 is 0 Å². The van der Waals surface area contributed by atoms with Crippen molar-refractivity contribution < 1.29 is 5.11 Å². The van der Waals surface area contributed by atoms with E-state index < -0.39 is 5.60 Å². The average molecular weight is 240 g/mol. The topological polar surface area (TPSA) is 38.0 Å². The number of hydrogen-bond acceptors (Lipinski definition) is 3. The van der Waals surface area contributed by atoms with Crippen molar-refractivity contribution in [1.82, 2.24) is 9.78 Å². The summed E-state index contributed by atoms with van der Waals surface area (Å²) in [7, 11) is 1.96. The lowest BCUT2D eigenvalue weighted by atomic mass is 9.94. The fourth-order valence-corrected chi connectivity index (χ4v) is 3.56. The minimum Gasteiger partial charge on any atom is -0.389 e. The number of nitrogens with zero attached hydrogens (tertiary/aromatic N) is 2. The Morgan fingerprint density at radius 3 is 2.94 bits per heavy atom. The van der Waals surface area contributed by atoms with Crippen molar-refractivity contribution in [2.45, 2.75) is 44.0 Å². The molecule has 16 heavy (non-hydrogen) atoms. The summed E-state index contributed by atoms with van der Waals surface area (Å²) in [6.07, 6.45) is 2.58. The van der Waals surface area contributed by atoms with Crippen LogP contribution in [-0.2, 0) is 19.9 Å². The summed E-state index contributed by atoms with van der Waals surface area (Å²) >= 11 is 1.86. The van der Waals surface area contributed by atoms with E-state index in [1.54, 1.807) is 0 Å². The Bertz CT molecular complexity index is 377. The van der Waals surface area contributed by atoms with Crippen molar-refractivity contribution in [3.05, 3.63) is 17.5 Å². The minimum atomic E-state index is -0.525. The Kier molecular flexibility index (Phi) is 3.31. The van der Waals surface area contributed by atoms with Crippen molar-refractivity contribution in [3.63, 3.8) is 0 Å².